The molecule has 12 rings (SSSR count). The molecule has 3 heteroatoms. The predicted octanol–water partition coefficient (Wildman–Crippen LogP) is 16.3. The molecule has 0 N–H and O–H groups in total. The van der Waals surface area contributed by atoms with Crippen LogP contribution in [0.15, 0.2) is 221 Å². The van der Waals surface area contributed by atoms with Crippen molar-refractivity contribution in [1.29, 1.82) is 0 Å². The molecule has 3 nitrogen and oxygen atoms in total. The van der Waals surface area contributed by atoms with Gasteiger partial charge in [0.2, 0.25) is 0 Å². The van der Waals surface area contributed by atoms with E-state index < -0.39 is 0 Å². The van der Waals surface area contributed by atoms with E-state index in [1.807, 2.05) is 12.1 Å². The van der Waals surface area contributed by atoms with Crippen LogP contribution >= 0.6 is 0 Å². The number of furan rings is 2. The van der Waals surface area contributed by atoms with Crippen LogP contribution in [0.5, 0.6) is 0 Å². The summed E-state index contributed by atoms with van der Waals surface area (Å²) in [5.41, 5.74) is 13.2. The van der Waals surface area contributed by atoms with Gasteiger partial charge in [-0.1, -0.05) is 176 Å². The Balaban J connectivity index is 1.10. The highest BCUT2D eigenvalue weighted by atomic mass is 16.3. The van der Waals surface area contributed by atoms with Crippen LogP contribution in [0.1, 0.15) is 0 Å². The molecule has 0 saturated heterocycles. The molecule has 2 heterocycles. The lowest BCUT2D eigenvalue weighted by Crippen LogP contribution is -2.12. The van der Waals surface area contributed by atoms with Crippen molar-refractivity contribution in [3.8, 4) is 33.4 Å². The van der Waals surface area contributed by atoms with Crippen molar-refractivity contribution in [3.63, 3.8) is 0 Å². The summed E-state index contributed by atoms with van der Waals surface area (Å²) in [7, 11) is 0. The summed E-state index contributed by atoms with van der Waals surface area (Å²) >= 11 is 0. The van der Waals surface area contributed by atoms with Gasteiger partial charge in [-0.25, -0.2) is 0 Å². The van der Waals surface area contributed by atoms with Gasteiger partial charge in [-0.15, -0.1) is 0 Å². The maximum atomic E-state index is 6.94. The average molecular weight is 754 g/mol. The lowest BCUT2D eigenvalue weighted by Gasteiger charge is -2.30. The molecule has 0 spiro atoms. The number of rotatable bonds is 6. The van der Waals surface area contributed by atoms with Gasteiger partial charge >= 0.3 is 0 Å². The van der Waals surface area contributed by atoms with Crippen LogP contribution in [-0.4, -0.2) is 0 Å². The number of hydrogen-bond donors (Lipinski definition) is 0. The molecular weight excluding hydrogens is 719 g/mol. The van der Waals surface area contributed by atoms with Crippen molar-refractivity contribution in [3.05, 3.63) is 212 Å². The molecule has 0 atom stereocenters. The Bertz CT molecular complexity index is 3570. The van der Waals surface area contributed by atoms with E-state index >= 15 is 0 Å². The fraction of sp³-hybridized carbons (Fsp3) is 0. The van der Waals surface area contributed by atoms with Crippen LogP contribution in [0.25, 0.3) is 98.8 Å². The van der Waals surface area contributed by atoms with Crippen molar-refractivity contribution in [2.24, 2.45) is 0 Å². The second-order valence-electron chi connectivity index (χ2n) is 15.2. The topological polar surface area (TPSA) is 29.5 Å². The molecule has 12 aromatic rings. The lowest BCUT2D eigenvalue weighted by atomic mass is 9.96. The van der Waals surface area contributed by atoms with Crippen LogP contribution in [0.4, 0.5) is 17.1 Å². The van der Waals surface area contributed by atoms with E-state index in [-0.39, 0.29) is 0 Å². The summed E-state index contributed by atoms with van der Waals surface area (Å²) in [6.45, 7) is 0. The van der Waals surface area contributed by atoms with Crippen LogP contribution < -0.4 is 4.90 Å². The average Bonchev–Trinajstić information content (AvgIpc) is 3.89. The van der Waals surface area contributed by atoms with E-state index in [4.69, 9.17) is 8.83 Å². The molecule has 0 fully saturated rings. The van der Waals surface area contributed by atoms with E-state index in [0.29, 0.717) is 0 Å². The zero-order valence-corrected chi connectivity index (χ0v) is 32.0. The Morgan fingerprint density at radius 1 is 0.271 bits per heavy atom. The quantitative estimate of drug-likeness (QED) is 0.169. The summed E-state index contributed by atoms with van der Waals surface area (Å²) in [6, 6.07) is 75.6. The molecular formula is C56H35NO2. The van der Waals surface area contributed by atoms with E-state index in [2.05, 4.69) is 205 Å². The Kier molecular flexibility index (Phi) is 7.54. The molecule has 59 heavy (non-hydrogen) atoms. The van der Waals surface area contributed by atoms with Gasteiger partial charge < -0.3 is 13.7 Å². The molecule has 0 unspecified atom stereocenters. The van der Waals surface area contributed by atoms with E-state index in [1.165, 1.54) is 21.9 Å². The molecule has 276 valence electrons. The SMILES string of the molecule is c1ccc(N(c2ccc(-c3cccc4ccccc34)cc2)c2ccccc2-c2cccc3c2oc2c4ccccc4ccc32)c(-c2cccc3c2oc2ccccc23)c1. The van der Waals surface area contributed by atoms with E-state index in [0.717, 1.165) is 94.0 Å². The smallest absolute Gasteiger partial charge is 0.143 e. The minimum absolute atomic E-state index is 0.873. The first kappa shape index (κ1) is 33.3. The molecule has 0 aliphatic rings. The van der Waals surface area contributed by atoms with Gasteiger partial charge in [-0.2, -0.15) is 0 Å². The monoisotopic (exact) mass is 753 g/mol. The Morgan fingerprint density at radius 3 is 1.47 bits per heavy atom. The predicted molar refractivity (Wildman–Crippen MR) is 247 cm³/mol. The van der Waals surface area contributed by atoms with Gasteiger partial charge in [-0.05, 0) is 63.7 Å². The minimum atomic E-state index is 0.873. The summed E-state index contributed by atoms with van der Waals surface area (Å²) in [5.74, 6) is 0. The van der Waals surface area contributed by atoms with Gasteiger partial charge in [0.15, 0.2) is 0 Å². The maximum Gasteiger partial charge on any atom is 0.143 e. The van der Waals surface area contributed by atoms with Crippen LogP contribution in [0.3, 0.4) is 0 Å². The first-order valence-electron chi connectivity index (χ1n) is 20.1. The molecule has 10 aromatic carbocycles. The van der Waals surface area contributed by atoms with Crippen molar-refractivity contribution >= 4 is 82.5 Å². The first-order valence-corrected chi connectivity index (χ1v) is 20.1. The number of benzene rings is 10. The molecule has 0 bridgehead atoms. The second kappa shape index (κ2) is 13.4. The third kappa shape index (κ3) is 5.29. The fourth-order valence-electron chi connectivity index (χ4n) is 9.17. The fourth-order valence-corrected chi connectivity index (χ4v) is 9.17. The molecule has 2 aromatic heterocycles. The summed E-state index contributed by atoms with van der Waals surface area (Å²) in [5, 5.41) is 9.16. The van der Waals surface area contributed by atoms with Gasteiger partial charge in [0.05, 0.1) is 11.4 Å². The highest BCUT2D eigenvalue weighted by Crippen LogP contribution is 2.49. The normalized spacial score (nSPS) is 11.7. The van der Waals surface area contributed by atoms with Crippen molar-refractivity contribution in [2.75, 3.05) is 4.90 Å². The largest absolute Gasteiger partial charge is 0.455 e. The minimum Gasteiger partial charge on any atom is -0.455 e. The number of anilines is 3. The first-order chi connectivity index (χ1) is 29.3. The van der Waals surface area contributed by atoms with Crippen LogP contribution in [-0.2, 0) is 0 Å². The lowest BCUT2D eigenvalue weighted by molar-refractivity contribution is 0.670. The van der Waals surface area contributed by atoms with Crippen molar-refractivity contribution in [1.82, 2.24) is 0 Å². The summed E-state index contributed by atoms with van der Waals surface area (Å²) < 4.78 is 13.6. The Morgan fingerprint density at radius 2 is 0.746 bits per heavy atom. The highest BCUT2D eigenvalue weighted by molar-refractivity contribution is 6.18. The number of nitrogens with zero attached hydrogens (tertiary/aromatic N) is 1. The van der Waals surface area contributed by atoms with Gasteiger partial charge in [-0.3, -0.25) is 0 Å². The zero-order chi connectivity index (χ0) is 38.9. The van der Waals surface area contributed by atoms with Crippen LogP contribution in [0.2, 0.25) is 0 Å². The maximum absolute atomic E-state index is 6.94. The second-order valence-corrected chi connectivity index (χ2v) is 15.2. The standard InChI is InChI=1S/C56H35NO2/c1-3-17-40-36(14-1)16-11-22-41(40)38-30-33-39(34-31-38)57(51-27-8-5-19-43(51)46-23-12-25-48-45-21-7-10-29-53(45)58-55(46)48)52-28-9-6-20-44(52)47-24-13-26-49-50-35-32-37-15-2-4-18-42(37)54(50)59-56(47)49/h1-35H. The summed E-state index contributed by atoms with van der Waals surface area (Å²) in [6.07, 6.45) is 0. The number of fused-ring (bicyclic) bond motifs is 9. The van der Waals surface area contributed by atoms with Crippen molar-refractivity contribution < 1.29 is 8.83 Å². The van der Waals surface area contributed by atoms with Gasteiger partial charge in [0.1, 0.15) is 22.3 Å². The Hall–Kier alpha value is -7.88. The molecule has 0 saturated carbocycles. The van der Waals surface area contributed by atoms with Gasteiger partial charge in [0, 0.05) is 54.9 Å². The van der Waals surface area contributed by atoms with Gasteiger partial charge in [0.25, 0.3) is 0 Å². The third-order valence-electron chi connectivity index (χ3n) is 11.9. The van der Waals surface area contributed by atoms with Crippen LogP contribution in [0, 0.1) is 0 Å². The molecule has 0 amide bonds. The van der Waals surface area contributed by atoms with E-state index in [9.17, 15) is 0 Å². The molecule has 0 radical (unpaired) electrons. The summed E-state index contributed by atoms with van der Waals surface area (Å²) in [4.78, 5) is 2.40. The third-order valence-corrected chi connectivity index (χ3v) is 11.9. The zero-order valence-electron chi connectivity index (χ0n) is 32.0. The van der Waals surface area contributed by atoms with Crippen molar-refractivity contribution in [2.45, 2.75) is 0 Å². The number of para-hydroxylation sites is 5. The highest BCUT2D eigenvalue weighted by Gasteiger charge is 2.24. The molecule has 0 aliphatic carbocycles. The Labute approximate surface area is 340 Å². The van der Waals surface area contributed by atoms with E-state index in [1.54, 1.807) is 0 Å². The number of hydrogen-bond acceptors (Lipinski definition) is 3. The molecule has 0 aliphatic heterocycles.